The molecule has 10 heteroatoms. The maximum Gasteiger partial charge on any atom is 0.293 e. The van der Waals surface area contributed by atoms with Crippen molar-refractivity contribution in [3.05, 3.63) is 67.0 Å². The van der Waals surface area contributed by atoms with Crippen LogP contribution in [0.2, 0.25) is 0 Å². The maximum atomic E-state index is 12.6. The molecule has 2 aromatic rings. The van der Waals surface area contributed by atoms with Gasteiger partial charge in [0.15, 0.2) is 11.5 Å². The fourth-order valence-electron chi connectivity index (χ4n) is 3.04. The van der Waals surface area contributed by atoms with Gasteiger partial charge in [0.05, 0.1) is 21.4 Å². The van der Waals surface area contributed by atoms with E-state index in [1.807, 2.05) is 6.92 Å². The average Bonchev–Trinajstić information content (AvgIpc) is 3.03. The summed E-state index contributed by atoms with van der Waals surface area (Å²) in [5.41, 5.74) is 1.29. The molecule has 0 atom stereocenters. The van der Waals surface area contributed by atoms with Gasteiger partial charge in [0, 0.05) is 18.7 Å². The summed E-state index contributed by atoms with van der Waals surface area (Å²) >= 11 is 4.38. The number of imide groups is 1. The zero-order valence-electron chi connectivity index (χ0n) is 17.5. The number of amides is 2. The number of halogens is 1. The zero-order chi connectivity index (χ0) is 23.3. The van der Waals surface area contributed by atoms with E-state index in [1.165, 1.54) is 24.1 Å². The average molecular weight is 521 g/mol. The number of thioether (sulfide) groups is 1. The zero-order valence-corrected chi connectivity index (χ0v) is 19.9. The van der Waals surface area contributed by atoms with Crippen LogP contribution in [0.25, 0.3) is 6.08 Å². The summed E-state index contributed by atoms with van der Waals surface area (Å²) in [6.45, 7) is 2.52. The second kappa shape index (κ2) is 10.6. The van der Waals surface area contributed by atoms with Crippen molar-refractivity contribution in [3.8, 4) is 11.5 Å². The summed E-state index contributed by atoms with van der Waals surface area (Å²) in [6, 6.07) is 9.65. The molecule has 8 nitrogen and oxygen atoms in total. The summed E-state index contributed by atoms with van der Waals surface area (Å²) in [4.78, 5) is 36.8. The molecule has 3 rings (SSSR count). The summed E-state index contributed by atoms with van der Waals surface area (Å²) in [6.07, 6.45) is 3.30. The van der Waals surface area contributed by atoms with Crippen LogP contribution in [0.5, 0.6) is 11.5 Å². The standard InChI is InChI=1S/C22H21BrN2O6S/c1-3-4-8-24-21(26)19(32-22(24)27)12-15-10-17(23)20(18(11-15)30-2)31-13-14-6-5-7-16(9-14)25(28)29/h5-7,9-12H,3-4,8,13H2,1-2H3/b19-12-. The molecule has 0 bridgehead atoms. The summed E-state index contributed by atoms with van der Waals surface area (Å²) < 4.78 is 11.9. The van der Waals surface area contributed by atoms with E-state index >= 15 is 0 Å². The quantitative estimate of drug-likeness (QED) is 0.234. The lowest BCUT2D eigenvalue weighted by molar-refractivity contribution is -0.384. The molecule has 0 N–H and O–H groups in total. The van der Waals surface area contributed by atoms with Crippen molar-refractivity contribution in [1.29, 1.82) is 0 Å². The number of nitro benzene ring substituents is 1. The molecule has 1 aliphatic rings. The first-order valence-corrected chi connectivity index (χ1v) is 11.4. The maximum absolute atomic E-state index is 12.6. The molecule has 1 aliphatic heterocycles. The van der Waals surface area contributed by atoms with Crippen LogP contribution in [-0.4, -0.2) is 34.6 Å². The van der Waals surface area contributed by atoms with Gasteiger partial charge in [0.2, 0.25) is 0 Å². The van der Waals surface area contributed by atoms with Gasteiger partial charge in [0.1, 0.15) is 6.61 Å². The first kappa shape index (κ1) is 23.8. The van der Waals surface area contributed by atoms with Gasteiger partial charge in [-0.05, 0) is 63.4 Å². The van der Waals surface area contributed by atoms with E-state index in [4.69, 9.17) is 9.47 Å². The molecular formula is C22H21BrN2O6S. The number of nitrogens with zero attached hydrogens (tertiary/aromatic N) is 2. The molecule has 0 aliphatic carbocycles. The molecule has 2 aromatic carbocycles. The Kier molecular flexibility index (Phi) is 7.92. The predicted octanol–water partition coefficient (Wildman–Crippen LogP) is 5.78. The number of unbranched alkanes of at least 4 members (excludes halogenated alkanes) is 1. The topological polar surface area (TPSA) is 99.0 Å². The van der Waals surface area contributed by atoms with Gasteiger partial charge in [-0.3, -0.25) is 24.6 Å². The van der Waals surface area contributed by atoms with Crippen LogP contribution in [0.3, 0.4) is 0 Å². The Hall–Kier alpha value is -2.85. The second-order valence-electron chi connectivity index (χ2n) is 6.94. The predicted molar refractivity (Wildman–Crippen MR) is 126 cm³/mol. The number of nitro groups is 1. The van der Waals surface area contributed by atoms with E-state index in [-0.39, 0.29) is 23.4 Å². The molecule has 1 heterocycles. The third-order valence-electron chi connectivity index (χ3n) is 4.66. The van der Waals surface area contributed by atoms with Gasteiger partial charge >= 0.3 is 0 Å². The van der Waals surface area contributed by atoms with E-state index in [0.717, 1.165) is 24.6 Å². The van der Waals surface area contributed by atoms with Crippen molar-refractivity contribution in [2.45, 2.75) is 26.4 Å². The molecule has 0 unspecified atom stereocenters. The molecule has 1 saturated heterocycles. The van der Waals surface area contributed by atoms with Gasteiger partial charge in [-0.1, -0.05) is 25.5 Å². The van der Waals surface area contributed by atoms with Crippen LogP contribution in [0.1, 0.15) is 30.9 Å². The Bertz CT molecular complexity index is 1090. The Labute approximate surface area is 197 Å². The van der Waals surface area contributed by atoms with Crippen molar-refractivity contribution in [2.24, 2.45) is 0 Å². The highest BCUT2D eigenvalue weighted by Gasteiger charge is 2.34. The molecule has 1 fully saturated rings. The fraction of sp³-hybridized carbons (Fsp3) is 0.273. The molecule has 0 aromatic heterocycles. The second-order valence-corrected chi connectivity index (χ2v) is 8.78. The van der Waals surface area contributed by atoms with Crippen LogP contribution < -0.4 is 9.47 Å². The number of carbonyl (C=O) groups excluding carboxylic acids is 2. The summed E-state index contributed by atoms with van der Waals surface area (Å²) in [5, 5.41) is 10.7. The number of ether oxygens (including phenoxy) is 2. The molecule has 32 heavy (non-hydrogen) atoms. The minimum Gasteiger partial charge on any atom is -0.493 e. The molecule has 2 amide bonds. The molecule has 0 spiro atoms. The van der Waals surface area contributed by atoms with Crippen LogP contribution in [0, 0.1) is 10.1 Å². The van der Waals surface area contributed by atoms with E-state index in [1.54, 1.807) is 30.3 Å². The van der Waals surface area contributed by atoms with E-state index in [9.17, 15) is 19.7 Å². The monoisotopic (exact) mass is 520 g/mol. The SMILES string of the molecule is CCCCN1C(=O)S/C(=C\c2cc(Br)c(OCc3cccc([N+](=O)[O-])c3)c(OC)c2)C1=O. The largest absolute Gasteiger partial charge is 0.493 e. The van der Waals surface area contributed by atoms with Crippen molar-refractivity contribution in [1.82, 2.24) is 4.90 Å². The summed E-state index contributed by atoms with van der Waals surface area (Å²) in [7, 11) is 1.49. The third-order valence-corrected chi connectivity index (χ3v) is 6.16. The van der Waals surface area contributed by atoms with Crippen LogP contribution in [0.15, 0.2) is 45.8 Å². The number of rotatable bonds is 9. The Balaban J connectivity index is 1.80. The van der Waals surface area contributed by atoms with E-state index in [0.29, 0.717) is 38.5 Å². The molecular weight excluding hydrogens is 500 g/mol. The molecule has 0 saturated carbocycles. The fourth-order valence-corrected chi connectivity index (χ4v) is 4.48. The number of hydrogen-bond acceptors (Lipinski definition) is 7. The van der Waals surface area contributed by atoms with Gasteiger partial charge in [-0.2, -0.15) is 0 Å². The highest BCUT2D eigenvalue weighted by Crippen LogP contribution is 2.39. The van der Waals surface area contributed by atoms with Crippen LogP contribution in [-0.2, 0) is 11.4 Å². The minimum atomic E-state index is -0.460. The van der Waals surface area contributed by atoms with Crippen molar-refractivity contribution in [2.75, 3.05) is 13.7 Å². The minimum absolute atomic E-state index is 0.0136. The Morgan fingerprint density at radius 3 is 2.72 bits per heavy atom. The number of benzene rings is 2. The highest BCUT2D eigenvalue weighted by atomic mass is 79.9. The Morgan fingerprint density at radius 2 is 2.03 bits per heavy atom. The van der Waals surface area contributed by atoms with E-state index in [2.05, 4.69) is 15.9 Å². The first-order valence-electron chi connectivity index (χ1n) is 9.83. The van der Waals surface area contributed by atoms with Crippen LogP contribution >= 0.6 is 27.7 Å². The lowest BCUT2D eigenvalue weighted by Crippen LogP contribution is -2.29. The van der Waals surface area contributed by atoms with Crippen molar-refractivity contribution < 1.29 is 24.0 Å². The summed E-state index contributed by atoms with van der Waals surface area (Å²) in [5.74, 6) is 0.544. The molecule has 0 radical (unpaired) electrons. The lowest BCUT2D eigenvalue weighted by Gasteiger charge is -2.14. The normalized spacial score (nSPS) is 14.8. The highest BCUT2D eigenvalue weighted by molar-refractivity contribution is 9.10. The number of hydrogen-bond donors (Lipinski definition) is 0. The van der Waals surface area contributed by atoms with Crippen molar-refractivity contribution in [3.63, 3.8) is 0 Å². The van der Waals surface area contributed by atoms with Gasteiger partial charge in [0.25, 0.3) is 16.8 Å². The van der Waals surface area contributed by atoms with Gasteiger partial charge < -0.3 is 9.47 Å². The Morgan fingerprint density at radius 1 is 1.25 bits per heavy atom. The first-order chi connectivity index (χ1) is 15.3. The molecule has 168 valence electrons. The third kappa shape index (κ3) is 5.49. The number of non-ortho nitro benzene ring substituents is 1. The van der Waals surface area contributed by atoms with Crippen LogP contribution in [0.4, 0.5) is 10.5 Å². The number of carbonyl (C=O) groups is 2. The van der Waals surface area contributed by atoms with Gasteiger partial charge in [-0.15, -0.1) is 0 Å². The van der Waals surface area contributed by atoms with Gasteiger partial charge in [-0.25, -0.2) is 0 Å². The lowest BCUT2D eigenvalue weighted by atomic mass is 10.1. The van der Waals surface area contributed by atoms with E-state index < -0.39 is 4.92 Å². The number of methoxy groups -OCH3 is 1. The van der Waals surface area contributed by atoms with Crippen molar-refractivity contribution >= 4 is 50.6 Å². The smallest absolute Gasteiger partial charge is 0.293 e.